The predicted molar refractivity (Wildman–Crippen MR) is 58.6 cm³/mol. The molecule has 13 heavy (non-hydrogen) atoms. The maximum atomic E-state index is 11.1. The Morgan fingerprint density at radius 3 is 2.54 bits per heavy atom. The number of alkyl halides is 2. The molecule has 0 radical (unpaired) electrons. The predicted octanol–water partition coefficient (Wildman–Crippen LogP) is 2.80. The van der Waals surface area contributed by atoms with E-state index in [-0.39, 0.29) is 16.5 Å². The molecule has 0 aliphatic rings. The van der Waals surface area contributed by atoms with Crippen LogP contribution < -0.4 is 0 Å². The van der Waals surface area contributed by atoms with Crippen molar-refractivity contribution >= 4 is 33.3 Å². The summed E-state index contributed by atoms with van der Waals surface area (Å²) < 4.78 is 0. The molecule has 1 atom stereocenters. The van der Waals surface area contributed by atoms with E-state index in [9.17, 15) is 4.79 Å². The minimum atomic E-state index is -0.160. The number of hydrogen-bond donors (Lipinski definition) is 0. The standard InChI is InChI=1S/C10H10BrClO/c11-9(10(13)7-12)6-8-4-2-1-3-5-8/h1-5,9H,6-7H2. The van der Waals surface area contributed by atoms with Gasteiger partial charge in [-0.3, -0.25) is 4.79 Å². The fourth-order valence-corrected chi connectivity index (χ4v) is 1.93. The first-order valence-corrected chi connectivity index (χ1v) is 5.45. The summed E-state index contributed by atoms with van der Waals surface area (Å²) in [4.78, 5) is 11.0. The largest absolute Gasteiger partial charge is 0.297 e. The molecule has 0 aliphatic carbocycles. The topological polar surface area (TPSA) is 17.1 Å². The Kier molecular flexibility index (Phi) is 4.46. The van der Waals surface area contributed by atoms with Crippen molar-refractivity contribution in [3.8, 4) is 0 Å². The zero-order valence-corrected chi connectivity index (χ0v) is 9.38. The summed E-state index contributed by atoms with van der Waals surface area (Å²) >= 11 is 8.74. The van der Waals surface area contributed by atoms with E-state index in [1.807, 2.05) is 30.3 Å². The molecular weight excluding hydrogens is 251 g/mol. The van der Waals surface area contributed by atoms with Crippen molar-refractivity contribution in [2.45, 2.75) is 11.2 Å². The highest BCUT2D eigenvalue weighted by molar-refractivity contribution is 9.10. The number of carbonyl (C=O) groups excluding carboxylic acids is 1. The molecule has 0 fully saturated rings. The van der Waals surface area contributed by atoms with Gasteiger partial charge in [-0.05, 0) is 12.0 Å². The van der Waals surface area contributed by atoms with E-state index in [0.29, 0.717) is 6.42 Å². The zero-order chi connectivity index (χ0) is 9.68. The molecule has 0 aliphatic heterocycles. The molecule has 0 spiro atoms. The van der Waals surface area contributed by atoms with Crippen LogP contribution in [0.5, 0.6) is 0 Å². The Labute approximate surface area is 91.2 Å². The van der Waals surface area contributed by atoms with E-state index in [0.717, 1.165) is 5.56 Å². The maximum absolute atomic E-state index is 11.1. The molecule has 70 valence electrons. The normalized spacial score (nSPS) is 12.5. The smallest absolute Gasteiger partial charge is 0.161 e. The van der Waals surface area contributed by atoms with Gasteiger partial charge < -0.3 is 0 Å². The van der Waals surface area contributed by atoms with E-state index in [2.05, 4.69) is 15.9 Å². The van der Waals surface area contributed by atoms with Crippen molar-refractivity contribution in [3.63, 3.8) is 0 Å². The summed E-state index contributed by atoms with van der Waals surface area (Å²) in [7, 11) is 0. The second kappa shape index (κ2) is 5.40. The summed E-state index contributed by atoms with van der Waals surface area (Å²) in [5.74, 6) is 0.105. The molecule has 0 amide bonds. The molecule has 1 rings (SSSR count). The monoisotopic (exact) mass is 260 g/mol. The summed E-state index contributed by atoms with van der Waals surface area (Å²) in [6.07, 6.45) is 0.701. The van der Waals surface area contributed by atoms with Gasteiger partial charge in [0.1, 0.15) is 0 Å². The first-order valence-electron chi connectivity index (χ1n) is 4.00. The molecule has 0 N–H and O–H groups in total. The van der Waals surface area contributed by atoms with E-state index in [4.69, 9.17) is 11.6 Å². The number of halogens is 2. The summed E-state index contributed by atoms with van der Waals surface area (Å²) in [5, 5.41) is 0. The van der Waals surface area contributed by atoms with Crippen LogP contribution in [-0.4, -0.2) is 16.5 Å². The van der Waals surface area contributed by atoms with Crippen LogP contribution in [0.4, 0.5) is 0 Å². The number of rotatable bonds is 4. The minimum Gasteiger partial charge on any atom is -0.297 e. The first kappa shape index (κ1) is 10.7. The molecule has 3 heteroatoms. The van der Waals surface area contributed by atoms with Crippen LogP contribution in [0.2, 0.25) is 0 Å². The highest BCUT2D eigenvalue weighted by Gasteiger charge is 2.13. The van der Waals surface area contributed by atoms with Crippen molar-refractivity contribution in [2.75, 3.05) is 5.88 Å². The third kappa shape index (κ3) is 3.49. The number of carbonyl (C=O) groups is 1. The van der Waals surface area contributed by atoms with Crippen LogP contribution in [0.15, 0.2) is 30.3 Å². The van der Waals surface area contributed by atoms with Gasteiger partial charge in [-0.2, -0.15) is 0 Å². The third-order valence-corrected chi connectivity index (χ3v) is 2.84. The van der Waals surface area contributed by atoms with Crippen LogP contribution in [-0.2, 0) is 11.2 Å². The van der Waals surface area contributed by atoms with Crippen LogP contribution in [0.3, 0.4) is 0 Å². The van der Waals surface area contributed by atoms with Gasteiger partial charge >= 0.3 is 0 Å². The molecule has 0 heterocycles. The molecule has 1 nitrogen and oxygen atoms in total. The van der Waals surface area contributed by atoms with Crippen LogP contribution in [0.1, 0.15) is 5.56 Å². The molecule has 1 aromatic carbocycles. The average molecular weight is 262 g/mol. The van der Waals surface area contributed by atoms with Crippen molar-refractivity contribution in [3.05, 3.63) is 35.9 Å². The Morgan fingerprint density at radius 2 is 2.00 bits per heavy atom. The minimum absolute atomic E-state index is 0.0329. The fourth-order valence-electron chi connectivity index (χ4n) is 1.02. The fraction of sp³-hybridized carbons (Fsp3) is 0.300. The molecule has 0 bridgehead atoms. The lowest BCUT2D eigenvalue weighted by Crippen LogP contribution is -2.17. The van der Waals surface area contributed by atoms with Gasteiger partial charge in [0, 0.05) is 0 Å². The summed E-state index contributed by atoms with van der Waals surface area (Å²) in [5.41, 5.74) is 1.14. The van der Waals surface area contributed by atoms with Crippen LogP contribution in [0.25, 0.3) is 0 Å². The average Bonchev–Trinajstić information content (AvgIpc) is 2.18. The van der Waals surface area contributed by atoms with Gasteiger partial charge in [0.15, 0.2) is 5.78 Å². The molecular formula is C10H10BrClO. The van der Waals surface area contributed by atoms with Gasteiger partial charge in [0.2, 0.25) is 0 Å². The SMILES string of the molecule is O=C(CCl)C(Br)Cc1ccccc1. The van der Waals surface area contributed by atoms with Gasteiger partial charge in [0.05, 0.1) is 10.7 Å². The molecule has 0 saturated carbocycles. The highest BCUT2D eigenvalue weighted by atomic mass is 79.9. The lowest BCUT2D eigenvalue weighted by Gasteiger charge is -2.05. The van der Waals surface area contributed by atoms with E-state index in [1.165, 1.54) is 0 Å². The number of ketones is 1. The van der Waals surface area contributed by atoms with Gasteiger partial charge in [0.25, 0.3) is 0 Å². The second-order valence-electron chi connectivity index (χ2n) is 2.76. The first-order chi connectivity index (χ1) is 6.24. The summed E-state index contributed by atoms with van der Waals surface area (Å²) in [6.45, 7) is 0. The van der Waals surface area contributed by atoms with Crippen molar-refractivity contribution in [2.24, 2.45) is 0 Å². The Balaban J connectivity index is 2.55. The Bertz CT molecular complexity index is 274. The van der Waals surface area contributed by atoms with Gasteiger partial charge in [-0.1, -0.05) is 46.3 Å². The van der Waals surface area contributed by atoms with Gasteiger partial charge in [-0.25, -0.2) is 0 Å². The highest BCUT2D eigenvalue weighted by Crippen LogP contribution is 2.11. The Hall–Kier alpha value is -0.340. The van der Waals surface area contributed by atoms with Crippen LogP contribution in [0, 0.1) is 0 Å². The van der Waals surface area contributed by atoms with Crippen molar-refractivity contribution in [1.29, 1.82) is 0 Å². The van der Waals surface area contributed by atoms with Crippen molar-refractivity contribution in [1.82, 2.24) is 0 Å². The number of Topliss-reactive ketones (excluding diaryl/α,β-unsaturated/α-hetero) is 1. The van der Waals surface area contributed by atoms with E-state index in [1.54, 1.807) is 0 Å². The third-order valence-electron chi connectivity index (χ3n) is 1.74. The summed E-state index contributed by atoms with van der Waals surface area (Å²) in [6, 6.07) is 9.86. The lowest BCUT2D eigenvalue weighted by molar-refractivity contribution is -0.116. The quantitative estimate of drug-likeness (QED) is 0.762. The van der Waals surface area contributed by atoms with Crippen molar-refractivity contribution < 1.29 is 4.79 Å². The van der Waals surface area contributed by atoms with Crippen LogP contribution >= 0.6 is 27.5 Å². The Morgan fingerprint density at radius 1 is 1.38 bits per heavy atom. The van der Waals surface area contributed by atoms with Gasteiger partial charge in [-0.15, -0.1) is 11.6 Å². The number of benzene rings is 1. The zero-order valence-electron chi connectivity index (χ0n) is 7.04. The molecule has 1 aromatic rings. The molecule has 0 aromatic heterocycles. The lowest BCUT2D eigenvalue weighted by atomic mass is 10.1. The molecule has 1 unspecified atom stereocenters. The van der Waals surface area contributed by atoms with E-state index < -0.39 is 0 Å². The molecule has 0 saturated heterocycles. The van der Waals surface area contributed by atoms with E-state index >= 15 is 0 Å². The second-order valence-corrected chi connectivity index (χ2v) is 4.13. The number of hydrogen-bond acceptors (Lipinski definition) is 1. The maximum Gasteiger partial charge on any atom is 0.161 e.